The van der Waals surface area contributed by atoms with Crippen molar-refractivity contribution in [2.75, 3.05) is 32.7 Å². The molecule has 1 heterocycles. The number of rotatable bonds is 5. The van der Waals surface area contributed by atoms with Crippen molar-refractivity contribution in [3.8, 4) is 0 Å². The van der Waals surface area contributed by atoms with Crippen LogP contribution in [0.15, 0.2) is 0 Å². The highest BCUT2D eigenvalue weighted by Gasteiger charge is 2.27. The maximum absolute atomic E-state index is 11.9. The average Bonchev–Trinajstić information content (AvgIpc) is 3.11. The van der Waals surface area contributed by atoms with E-state index in [0.717, 1.165) is 38.5 Å². The first-order valence-corrected chi connectivity index (χ1v) is 6.91. The third-order valence-electron chi connectivity index (χ3n) is 3.75. The molecule has 2 aliphatic rings. The van der Waals surface area contributed by atoms with Gasteiger partial charge in [-0.3, -0.25) is 9.69 Å². The topological polar surface area (TPSA) is 49.6 Å². The van der Waals surface area contributed by atoms with E-state index < -0.39 is 0 Å². The molecule has 17 heavy (non-hydrogen) atoms. The monoisotopic (exact) mass is 239 g/mol. The van der Waals surface area contributed by atoms with Crippen LogP contribution in [0.5, 0.6) is 0 Å². The van der Waals surface area contributed by atoms with Gasteiger partial charge in [-0.05, 0) is 32.1 Å². The summed E-state index contributed by atoms with van der Waals surface area (Å²) in [5.41, 5.74) is 5.68. The number of nitrogens with two attached hydrogens (primary N) is 1. The van der Waals surface area contributed by atoms with Gasteiger partial charge >= 0.3 is 0 Å². The van der Waals surface area contributed by atoms with E-state index in [1.54, 1.807) is 0 Å². The van der Waals surface area contributed by atoms with E-state index in [4.69, 9.17) is 5.73 Å². The summed E-state index contributed by atoms with van der Waals surface area (Å²) in [6.07, 6.45) is 4.24. The van der Waals surface area contributed by atoms with Gasteiger partial charge < -0.3 is 10.6 Å². The van der Waals surface area contributed by atoms with Crippen molar-refractivity contribution < 1.29 is 4.79 Å². The van der Waals surface area contributed by atoms with Crippen LogP contribution in [0.3, 0.4) is 0 Å². The summed E-state index contributed by atoms with van der Waals surface area (Å²) in [5.74, 6) is 1.24. The normalized spacial score (nSPS) is 23.8. The number of piperazine rings is 1. The quantitative estimate of drug-likeness (QED) is 0.767. The summed E-state index contributed by atoms with van der Waals surface area (Å²) in [6, 6.07) is 0.134. The molecular formula is C13H25N3O. The Morgan fingerprint density at radius 2 is 1.94 bits per heavy atom. The first-order chi connectivity index (χ1) is 8.15. The lowest BCUT2D eigenvalue weighted by Gasteiger charge is -2.35. The summed E-state index contributed by atoms with van der Waals surface area (Å²) < 4.78 is 0. The van der Waals surface area contributed by atoms with Gasteiger partial charge in [0, 0.05) is 45.2 Å². The Labute approximate surface area is 104 Å². The van der Waals surface area contributed by atoms with E-state index in [1.165, 1.54) is 19.4 Å². The zero-order valence-corrected chi connectivity index (χ0v) is 10.9. The van der Waals surface area contributed by atoms with Gasteiger partial charge in [-0.15, -0.1) is 0 Å². The number of carbonyl (C=O) groups excluding carboxylic acids is 1. The van der Waals surface area contributed by atoms with Gasteiger partial charge in [-0.25, -0.2) is 0 Å². The van der Waals surface area contributed by atoms with E-state index in [-0.39, 0.29) is 11.9 Å². The van der Waals surface area contributed by atoms with Crippen molar-refractivity contribution in [2.45, 2.75) is 38.6 Å². The maximum atomic E-state index is 11.9. The fourth-order valence-electron chi connectivity index (χ4n) is 2.35. The molecule has 1 atom stereocenters. The van der Waals surface area contributed by atoms with Gasteiger partial charge in [-0.1, -0.05) is 0 Å². The van der Waals surface area contributed by atoms with Gasteiger partial charge in [0.2, 0.25) is 5.91 Å². The molecule has 1 amide bonds. The predicted molar refractivity (Wildman–Crippen MR) is 68.6 cm³/mol. The van der Waals surface area contributed by atoms with Crippen LogP contribution in [0.4, 0.5) is 0 Å². The van der Waals surface area contributed by atoms with Crippen molar-refractivity contribution in [2.24, 2.45) is 11.7 Å². The van der Waals surface area contributed by atoms with Gasteiger partial charge in [0.15, 0.2) is 0 Å². The lowest BCUT2D eigenvalue weighted by molar-refractivity contribution is -0.133. The predicted octanol–water partition coefficient (Wildman–Crippen LogP) is 0.668. The highest BCUT2D eigenvalue weighted by molar-refractivity contribution is 5.76. The van der Waals surface area contributed by atoms with Gasteiger partial charge in [-0.2, -0.15) is 0 Å². The van der Waals surface area contributed by atoms with E-state index >= 15 is 0 Å². The zero-order valence-electron chi connectivity index (χ0n) is 10.9. The highest BCUT2D eigenvalue weighted by Crippen LogP contribution is 2.29. The second kappa shape index (κ2) is 5.83. The van der Waals surface area contributed by atoms with Crippen molar-refractivity contribution in [1.29, 1.82) is 0 Å². The highest BCUT2D eigenvalue weighted by atomic mass is 16.2. The number of hydrogen-bond acceptors (Lipinski definition) is 3. The fraction of sp³-hybridized carbons (Fsp3) is 0.923. The van der Waals surface area contributed by atoms with Gasteiger partial charge in [0.05, 0.1) is 0 Å². The molecule has 0 bridgehead atoms. The standard InChI is InChI=1S/C13H25N3O/c1-11(14)2-5-13(17)16-8-6-15(7-9-16)10-12-3-4-12/h11-12H,2-10,14H2,1H3. The molecule has 1 aliphatic carbocycles. The van der Waals surface area contributed by atoms with E-state index in [2.05, 4.69) is 4.90 Å². The van der Waals surface area contributed by atoms with Crippen LogP contribution >= 0.6 is 0 Å². The van der Waals surface area contributed by atoms with Crippen LogP contribution in [0, 0.1) is 5.92 Å². The largest absolute Gasteiger partial charge is 0.340 e. The van der Waals surface area contributed by atoms with Gasteiger partial charge in [0.1, 0.15) is 0 Å². The first kappa shape index (κ1) is 12.8. The summed E-state index contributed by atoms with van der Waals surface area (Å²) in [7, 11) is 0. The number of hydrogen-bond donors (Lipinski definition) is 1. The van der Waals surface area contributed by atoms with Crippen LogP contribution in [0.1, 0.15) is 32.6 Å². The van der Waals surface area contributed by atoms with Crippen LogP contribution in [-0.4, -0.2) is 54.5 Å². The Kier molecular flexibility index (Phi) is 4.40. The fourth-order valence-corrected chi connectivity index (χ4v) is 2.35. The SMILES string of the molecule is CC(N)CCC(=O)N1CCN(CC2CC2)CC1. The lowest BCUT2D eigenvalue weighted by Crippen LogP contribution is -2.49. The Hall–Kier alpha value is -0.610. The van der Waals surface area contributed by atoms with E-state index in [1.807, 2.05) is 11.8 Å². The van der Waals surface area contributed by atoms with E-state index in [9.17, 15) is 4.79 Å². The summed E-state index contributed by atoms with van der Waals surface area (Å²) in [5, 5.41) is 0. The molecule has 98 valence electrons. The average molecular weight is 239 g/mol. The van der Waals surface area contributed by atoms with Crippen molar-refractivity contribution in [3.05, 3.63) is 0 Å². The molecule has 1 saturated carbocycles. The molecule has 1 saturated heterocycles. The molecule has 2 N–H and O–H groups in total. The zero-order chi connectivity index (χ0) is 12.3. The summed E-state index contributed by atoms with van der Waals surface area (Å²) in [6.45, 7) is 7.14. The smallest absolute Gasteiger partial charge is 0.222 e. The van der Waals surface area contributed by atoms with Crippen LogP contribution in [0.2, 0.25) is 0 Å². The minimum absolute atomic E-state index is 0.134. The molecule has 2 fully saturated rings. The molecule has 0 radical (unpaired) electrons. The third kappa shape index (κ3) is 4.28. The molecule has 1 aliphatic heterocycles. The molecule has 4 nitrogen and oxygen atoms in total. The molecular weight excluding hydrogens is 214 g/mol. The first-order valence-electron chi connectivity index (χ1n) is 6.91. The van der Waals surface area contributed by atoms with Crippen LogP contribution < -0.4 is 5.73 Å². The molecule has 0 aromatic rings. The molecule has 0 aromatic heterocycles. The Morgan fingerprint density at radius 3 is 2.47 bits per heavy atom. The number of amides is 1. The van der Waals surface area contributed by atoms with E-state index in [0.29, 0.717) is 6.42 Å². The van der Waals surface area contributed by atoms with Crippen molar-refractivity contribution in [3.63, 3.8) is 0 Å². The van der Waals surface area contributed by atoms with Crippen LogP contribution in [-0.2, 0) is 4.79 Å². The second-order valence-electron chi connectivity index (χ2n) is 5.64. The molecule has 0 spiro atoms. The molecule has 0 aromatic carbocycles. The molecule has 1 unspecified atom stereocenters. The van der Waals surface area contributed by atoms with Gasteiger partial charge in [0.25, 0.3) is 0 Å². The number of carbonyl (C=O) groups is 1. The van der Waals surface area contributed by atoms with Crippen molar-refractivity contribution in [1.82, 2.24) is 9.80 Å². The third-order valence-corrected chi connectivity index (χ3v) is 3.75. The Bertz CT molecular complexity index is 255. The number of nitrogens with zero attached hydrogens (tertiary/aromatic N) is 2. The van der Waals surface area contributed by atoms with Crippen LogP contribution in [0.25, 0.3) is 0 Å². The molecule has 4 heteroatoms. The Balaban J connectivity index is 1.64. The Morgan fingerprint density at radius 1 is 1.29 bits per heavy atom. The second-order valence-corrected chi connectivity index (χ2v) is 5.64. The molecule has 2 rings (SSSR count). The minimum Gasteiger partial charge on any atom is -0.340 e. The van der Waals surface area contributed by atoms with Crippen molar-refractivity contribution >= 4 is 5.91 Å². The maximum Gasteiger partial charge on any atom is 0.222 e. The minimum atomic E-state index is 0.134. The lowest BCUT2D eigenvalue weighted by atomic mass is 10.1. The summed E-state index contributed by atoms with van der Waals surface area (Å²) >= 11 is 0. The summed E-state index contributed by atoms with van der Waals surface area (Å²) in [4.78, 5) is 16.4.